The van der Waals surface area contributed by atoms with E-state index in [0.717, 1.165) is 29.1 Å². The van der Waals surface area contributed by atoms with Crippen molar-refractivity contribution in [3.05, 3.63) is 21.0 Å². The van der Waals surface area contributed by atoms with E-state index in [-0.39, 0.29) is 16.7 Å². The van der Waals surface area contributed by atoms with Gasteiger partial charge < -0.3 is 5.32 Å². The molecular weight excluding hydrogens is 351 g/mol. The minimum Gasteiger partial charge on any atom is -0.329 e. The molecule has 1 fully saturated rings. The van der Waals surface area contributed by atoms with Gasteiger partial charge in [0.25, 0.3) is 0 Å². The quantitative estimate of drug-likeness (QED) is 0.696. The summed E-state index contributed by atoms with van der Waals surface area (Å²) < 4.78 is 2.06. The first kappa shape index (κ1) is 14.8. The Labute approximate surface area is 128 Å². The van der Waals surface area contributed by atoms with Gasteiger partial charge in [0.2, 0.25) is 5.91 Å². The van der Waals surface area contributed by atoms with Gasteiger partial charge in [0.15, 0.2) is 0 Å². The van der Waals surface area contributed by atoms with E-state index in [1.807, 2.05) is 0 Å². The van der Waals surface area contributed by atoms with Crippen molar-refractivity contribution in [3.8, 4) is 0 Å². The van der Waals surface area contributed by atoms with Crippen molar-refractivity contribution in [2.75, 3.05) is 0 Å². The lowest BCUT2D eigenvalue weighted by atomic mass is 9.82. The number of carbonyl (C=O) groups is 1. The Morgan fingerprint density at radius 2 is 1.89 bits per heavy atom. The Morgan fingerprint density at radius 1 is 1.26 bits per heavy atom. The average molecular weight is 372 g/mol. The Kier molecular flexibility index (Phi) is 3.66. The second-order valence-corrected chi connectivity index (χ2v) is 7.35. The highest BCUT2D eigenvalue weighted by Crippen LogP contribution is 2.42. The zero-order valence-corrected chi connectivity index (χ0v) is 14.4. The van der Waals surface area contributed by atoms with Gasteiger partial charge in [-0.1, -0.05) is 50.3 Å². The number of hydrogen-bond acceptors (Lipinski definition) is 2. The third kappa shape index (κ3) is 2.64. The fourth-order valence-electron chi connectivity index (χ4n) is 2.82. The van der Waals surface area contributed by atoms with Crippen molar-refractivity contribution in [3.63, 3.8) is 0 Å². The maximum Gasteiger partial charge on any atom is 0.225 e. The molecule has 104 valence electrons. The smallest absolute Gasteiger partial charge is 0.225 e. The zero-order valence-electron chi connectivity index (χ0n) is 12.2. The maximum atomic E-state index is 11.6. The molecule has 0 unspecified atom stereocenters. The second-order valence-electron chi connectivity index (χ2n) is 6.72. The number of hydrogen-bond donors (Lipinski definition) is 1. The molecule has 0 aromatic carbocycles. The number of nitrogens with zero attached hydrogens (tertiary/aromatic N) is 1. The van der Waals surface area contributed by atoms with Gasteiger partial charge in [-0.25, -0.2) is 0 Å². The largest absolute Gasteiger partial charge is 0.329 e. The van der Waals surface area contributed by atoms with Crippen LogP contribution in [0.5, 0.6) is 0 Å². The first-order valence-corrected chi connectivity index (χ1v) is 7.82. The number of aliphatic imine (C=N–C) groups is 1. The van der Waals surface area contributed by atoms with E-state index < -0.39 is 0 Å². The normalized spacial score (nSPS) is 29.5. The van der Waals surface area contributed by atoms with Gasteiger partial charge in [0.1, 0.15) is 0 Å². The monoisotopic (exact) mass is 372 g/mol. The van der Waals surface area contributed by atoms with Gasteiger partial charge in [0, 0.05) is 35.1 Å². The Bertz CT molecular complexity index is 524. The predicted octanol–water partition coefficient (Wildman–Crippen LogP) is 3.95. The minimum atomic E-state index is -0.107. The van der Waals surface area contributed by atoms with Crippen LogP contribution >= 0.6 is 22.6 Å². The standard InChI is InChI=1S/C15H21IN2O/c1-9(13-15(4,5)7-12(19)18-13)10-6-14(2,3)11(8-16)17-10/h8H,6-7H2,1-5H3,(H,18,19)/b11-8-,13-9-. The van der Waals surface area contributed by atoms with Gasteiger partial charge in [-0.3, -0.25) is 9.79 Å². The molecule has 1 amide bonds. The van der Waals surface area contributed by atoms with E-state index in [1.54, 1.807) is 0 Å². The number of nitrogens with one attached hydrogen (secondary N) is 1. The summed E-state index contributed by atoms with van der Waals surface area (Å²) in [7, 11) is 0. The van der Waals surface area contributed by atoms with Crippen LogP contribution in [0.15, 0.2) is 26.0 Å². The molecule has 0 radical (unpaired) electrons. The molecule has 0 bridgehead atoms. The zero-order chi connectivity index (χ0) is 14.4. The molecular formula is C15H21IN2O. The molecule has 0 saturated carbocycles. The molecule has 1 N–H and O–H groups in total. The molecule has 0 aromatic rings. The van der Waals surface area contributed by atoms with Crippen LogP contribution in [-0.2, 0) is 4.79 Å². The number of amides is 1. The fourth-order valence-corrected chi connectivity index (χ4v) is 3.80. The first-order chi connectivity index (χ1) is 8.67. The number of rotatable bonds is 1. The highest BCUT2D eigenvalue weighted by atomic mass is 127. The molecule has 2 heterocycles. The molecule has 0 aliphatic carbocycles. The molecule has 4 heteroatoms. The lowest BCUT2D eigenvalue weighted by Crippen LogP contribution is -2.20. The van der Waals surface area contributed by atoms with Crippen molar-refractivity contribution >= 4 is 34.2 Å². The van der Waals surface area contributed by atoms with Crippen molar-refractivity contribution < 1.29 is 4.79 Å². The van der Waals surface area contributed by atoms with Gasteiger partial charge in [-0.05, 0) is 16.6 Å². The summed E-state index contributed by atoms with van der Waals surface area (Å²) in [5.74, 6) is 0.113. The van der Waals surface area contributed by atoms with E-state index in [2.05, 4.69) is 66.6 Å². The van der Waals surface area contributed by atoms with Crippen molar-refractivity contribution in [2.24, 2.45) is 15.8 Å². The first-order valence-electron chi connectivity index (χ1n) is 6.57. The summed E-state index contributed by atoms with van der Waals surface area (Å²) in [5.41, 5.74) is 4.40. The van der Waals surface area contributed by atoms with Crippen molar-refractivity contribution in [1.82, 2.24) is 5.32 Å². The second kappa shape index (κ2) is 4.72. The van der Waals surface area contributed by atoms with E-state index >= 15 is 0 Å². The molecule has 19 heavy (non-hydrogen) atoms. The van der Waals surface area contributed by atoms with Crippen molar-refractivity contribution in [1.29, 1.82) is 0 Å². The highest BCUT2D eigenvalue weighted by molar-refractivity contribution is 14.1. The summed E-state index contributed by atoms with van der Waals surface area (Å²) in [6.45, 7) is 10.7. The molecule has 0 aromatic heterocycles. The van der Waals surface area contributed by atoms with Crippen LogP contribution in [0.3, 0.4) is 0 Å². The van der Waals surface area contributed by atoms with Crippen LogP contribution in [0.25, 0.3) is 0 Å². The van der Waals surface area contributed by atoms with Crippen LogP contribution in [0.2, 0.25) is 0 Å². The van der Waals surface area contributed by atoms with E-state index in [1.165, 1.54) is 0 Å². The summed E-state index contributed by atoms with van der Waals surface area (Å²) >= 11 is 2.25. The number of carbonyl (C=O) groups excluding carboxylic acids is 1. The third-order valence-corrected chi connectivity index (χ3v) is 4.60. The Morgan fingerprint density at radius 3 is 2.32 bits per heavy atom. The lowest BCUT2D eigenvalue weighted by molar-refractivity contribution is -0.119. The van der Waals surface area contributed by atoms with Crippen LogP contribution in [0.1, 0.15) is 47.5 Å². The summed E-state index contributed by atoms with van der Waals surface area (Å²) in [6.07, 6.45) is 1.49. The lowest BCUT2D eigenvalue weighted by Gasteiger charge is -2.21. The fraction of sp³-hybridized carbons (Fsp3) is 0.600. The van der Waals surface area contributed by atoms with Crippen LogP contribution in [0.4, 0.5) is 0 Å². The molecule has 2 aliphatic rings. The molecule has 0 atom stereocenters. The molecule has 0 spiro atoms. The molecule has 1 saturated heterocycles. The average Bonchev–Trinajstić information content (AvgIpc) is 2.73. The van der Waals surface area contributed by atoms with Gasteiger partial charge in [-0.2, -0.15) is 0 Å². The van der Waals surface area contributed by atoms with Crippen LogP contribution < -0.4 is 5.32 Å². The van der Waals surface area contributed by atoms with Crippen LogP contribution in [-0.4, -0.2) is 11.6 Å². The van der Waals surface area contributed by atoms with Crippen molar-refractivity contribution in [2.45, 2.75) is 47.5 Å². The Hall–Kier alpha value is -0.650. The van der Waals surface area contributed by atoms with E-state index in [0.29, 0.717) is 6.42 Å². The summed E-state index contributed by atoms with van der Waals surface area (Å²) in [4.78, 5) is 16.4. The van der Waals surface area contributed by atoms with E-state index in [9.17, 15) is 4.79 Å². The third-order valence-electron chi connectivity index (χ3n) is 4.01. The number of halogens is 1. The Balaban J connectivity index is 2.42. The SMILES string of the molecule is C/C(C1=N/C(=C\I)C(C)(C)C1)=C1/NC(=O)CC1(C)C. The van der Waals surface area contributed by atoms with Gasteiger partial charge in [0.05, 0.1) is 5.70 Å². The number of allylic oxidation sites excluding steroid dienone is 3. The molecule has 2 aliphatic heterocycles. The molecule has 3 nitrogen and oxygen atoms in total. The maximum absolute atomic E-state index is 11.6. The van der Waals surface area contributed by atoms with Gasteiger partial charge in [-0.15, -0.1) is 0 Å². The van der Waals surface area contributed by atoms with Gasteiger partial charge >= 0.3 is 0 Å². The topological polar surface area (TPSA) is 41.5 Å². The molecule has 2 rings (SSSR count). The minimum absolute atomic E-state index is 0.0884. The predicted molar refractivity (Wildman–Crippen MR) is 87.2 cm³/mol. The highest BCUT2D eigenvalue weighted by Gasteiger charge is 2.39. The summed E-state index contributed by atoms with van der Waals surface area (Å²) in [5, 5.41) is 3.02. The van der Waals surface area contributed by atoms with E-state index in [4.69, 9.17) is 4.99 Å². The van der Waals surface area contributed by atoms with Crippen LogP contribution in [0, 0.1) is 10.8 Å². The summed E-state index contributed by atoms with van der Waals surface area (Å²) in [6, 6.07) is 0.